The molecule has 1 unspecified atom stereocenters. The number of carbonyl (C=O) groups excluding carboxylic acids is 1. The number of aromatic nitrogens is 3. The lowest BCUT2D eigenvalue weighted by Gasteiger charge is -2.18. The Bertz CT molecular complexity index is 728. The minimum atomic E-state index is 0.0325. The van der Waals surface area contributed by atoms with Crippen LogP contribution in [0.2, 0.25) is 0 Å². The number of amides is 1. The van der Waals surface area contributed by atoms with Crippen molar-refractivity contribution in [3.05, 3.63) is 42.0 Å². The van der Waals surface area contributed by atoms with Crippen LogP contribution in [0.25, 0.3) is 0 Å². The fourth-order valence-corrected chi connectivity index (χ4v) is 3.02. The molecule has 3 heterocycles. The highest BCUT2D eigenvalue weighted by atomic mass is 16.5. The number of hydrogen-bond donors (Lipinski definition) is 0. The van der Waals surface area contributed by atoms with Gasteiger partial charge in [0.25, 0.3) is 0 Å². The summed E-state index contributed by atoms with van der Waals surface area (Å²) >= 11 is 0. The predicted molar refractivity (Wildman–Crippen MR) is 94.2 cm³/mol. The van der Waals surface area contributed by atoms with Gasteiger partial charge in [-0.1, -0.05) is 0 Å². The molecule has 1 saturated heterocycles. The highest BCUT2D eigenvalue weighted by molar-refractivity contribution is 5.78. The lowest BCUT2D eigenvalue weighted by molar-refractivity contribution is -0.129. The molecule has 3 rings (SSSR count). The van der Waals surface area contributed by atoms with Gasteiger partial charge < -0.3 is 14.5 Å². The van der Waals surface area contributed by atoms with E-state index in [4.69, 9.17) is 4.74 Å². The third kappa shape index (κ3) is 4.57. The Kier molecular flexibility index (Phi) is 5.33. The van der Waals surface area contributed by atoms with Crippen molar-refractivity contribution in [1.29, 1.82) is 0 Å². The van der Waals surface area contributed by atoms with Gasteiger partial charge in [0.1, 0.15) is 11.9 Å². The second-order valence-corrected chi connectivity index (χ2v) is 6.71. The van der Waals surface area contributed by atoms with Gasteiger partial charge in [-0.2, -0.15) is 5.10 Å². The zero-order chi connectivity index (χ0) is 17.8. The van der Waals surface area contributed by atoms with E-state index in [0.717, 1.165) is 36.6 Å². The minimum absolute atomic E-state index is 0.0325. The first-order valence-electron chi connectivity index (χ1n) is 8.52. The first kappa shape index (κ1) is 17.4. The molecule has 25 heavy (non-hydrogen) atoms. The Morgan fingerprint density at radius 1 is 1.36 bits per heavy atom. The Morgan fingerprint density at radius 2 is 2.20 bits per heavy atom. The van der Waals surface area contributed by atoms with Crippen LogP contribution < -0.4 is 4.74 Å². The standard InChI is InChI=1S/C18H25N5O2/c1-21(2)12-14-10-16(5-7-19-14)25-17-6-9-23(13-17)18(24)11-15-4-8-20-22(15)3/h4-5,7-8,10,17H,6,9,11-13H2,1-3H3. The molecule has 0 spiro atoms. The molecule has 0 aliphatic carbocycles. The summed E-state index contributed by atoms with van der Waals surface area (Å²) in [6.07, 6.45) is 4.75. The molecule has 1 aliphatic heterocycles. The largest absolute Gasteiger partial charge is 0.488 e. The molecule has 134 valence electrons. The second kappa shape index (κ2) is 7.65. The van der Waals surface area contributed by atoms with E-state index < -0.39 is 0 Å². The number of nitrogens with zero attached hydrogens (tertiary/aromatic N) is 5. The van der Waals surface area contributed by atoms with Crippen molar-refractivity contribution < 1.29 is 9.53 Å². The van der Waals surface area contributed by atoms with Crippen molar-refractivity contribution in [2.45, 2.75) is 25.5 Å². The van der Waals surface area contributed by atoms with Crippen LogP contribution in [0.5, 0.6) is 5.75 Å². The summed E-state index contributed by atoms with van der Waals surface area (Å²) in [5.74, 6) is 0.940. The zero-order valence-corrected chi connectivity index (χ0v) is 15.1. The molecule has 1 amide bonds. The SMILES string of the molecule is CN(C)Cc1cc(OC2CCN(C(=O)Cc3ccnn3C)C2)ccn1. The molecule has 0 radical (unpaired) electrons. The molecule has 7 nitrogen and oxygen atoms in total. The van der Waals surface area contributed by atoms with Gasteiger partial charge in [-0.05, 0) is 26.2 Å². The van der Waals surface area contributed by atoms with E-state index in [1.165, 1.54) is 0 Å². The quantitative estimate of drug-likeness (QED) is 0.786. The van der Waals surface area contributed by atoms with E-state index in [2.05, 4.69) is 15.0 Å². The molecule has 0 saturated carbocycles. The van der Waals surface area contributed by atoms with Crippen LogP contribution in [0.4, 0.5) is 0 Å². The monoisotopic (exact) mass is 343 g/mol. The Hall–Kier alpha value is -2.41. The first-order valence-corrected chi connectivity index (χ1v) is 8.52. The van der Waals surface area contributed by atoms with Crippen molar-refractivity contribution >= 4 is 5.91 Å². The molecule has 2 aromatic rings. The van der Waals surface area contributed by atoms with Gasteiger partial charge in [-0.25, -0.2) is 0 Å². The lowest BCUT2D eigenvalue weighted by Crippen LogP contribution is -2.32. The molecule has 0 bridgehead atoms. The van der Waals surface area contributed by atoms with Gasteiger partial charge in [-0.3, -0.25) is 14.5 Å². The number of ether oxygens (including phenoxy) is 1. The normalized spacial score (nSPS) is 17.3. The lowest BCUT2D eigenvalue weighted by atomic mass is 10.3. The van der Waals surface area contributed by atoms with Crippen molar-refractivity contribution in [3.63, 3.8) is 0 Å². The van der Waals surface area contributed by atoms with E-state index in [1.54, 1.807) is 17.1 Å². The minimum Gasteiger partial charge on any atom is -0.488 e. The van der Waals surface area contributed by atoms with Crippen molar-refractivity contribution in [2.24, 2.45) is 7.05 Å². The maximum Gasteiger partial charge on any atom is 0.228 e. The summed E-state index contributed by atoms with van der Waals surface area (Å²) in [5.41, 5.74) is 1.90. The number of hydrogen-bond acceptors (Lipinski definition) is 5. The van der Waals surface area contributed by atoms with Crippen molar-refractivity contribution in [3.8, 4) is 5.75 Å². The molecule has 0 aromatic carbocycles. The van der Waals surface area contributed by atoms with E-state index >= 15 is 0 Å². The molecular weight excluding hydrogens is 318 g/mol. The van der Waals surface area contributed by atoms with Crippen LogP contribution in [0, 0.1) is 0 Å². The third-order valence-corrected chi connectivity index (χ3v) is 4.32. The maximum absolute atomic E-state index is 12.5. The number of carbonyl (C=O) groups is 1. The van der Waals surface area contributed by atoms with Crippen LogP contribution in [0.15, 0.2) is 30.6 Å². The van der Waals surface area contributed by atoms with Crippen LogP contribution in [-0.2, 0) is 24.8 Å². The Morgan fingerprint density at radius 3 is 2.92 bits per heavy atom. The highest BCUT2D eigenvalue weighted by Gasteiger charge is 2.28. The molecule has 0 N–H and O–H groups in total. The third-order valence-electron chi connectivity index (χ3n) is 4.32. The van der Waals surface area contributed by atoms with Crippen molar-refractivity contribution in [2.75, 3.05) is 27.2 Å². The summed E-state index contributed by atoms with van der Waals surface area (Å²) in [6.45, 7) is 2.14. The summed E-state index contributed by atoms with van der Waals surface area (Å²) in [6, 6.07) is 5.73. The fraction of sp³-hybridized carbons (Fsp3) is 0.500. The highest BCUT2D eigenvalue weighted by Crippen LogP contribution is 2.20. The topological polar surface area (TPSA) is 63.5 Å². The average Bonchev–Trinajstić information content (AvgIpc) is 3.17. The van der Waals surface area contributed by atoms with Gasteiger partial charge in [0.15, 0.2) is 0 Å². The summed E-state index contributed by atoms with van der Waals surface area (Å²) in [4.78, 5) is 20.7. The van der Waals surface area contributed by atoms with Gasteiger partial charge in [0.2, 0.25) is 5.91 Å². The molecule has 7 heteroatoms. The van der Waals surface area contributed by atoms with E-state index in [0.29, 0.717) is 13.0 Å². The van der Waals surface area contributed by atoms with Gasteiger partial charge in [0.05, 0.1) is 18.7 Å². The number of rotatable bonds is 6. The van der Waals surface area contributed by atoms with Gasteiger partial charge in [0, 0.05) is 50.7 Å². The van der Waals surface area contributed by atoms with Crippen LogP contribution >= 0.6 is 0 Å². The van der Waals surface area contributed by atoms with E-state index in [-0.39, 0.29) is 12.0 Å². The second-order valence-electron chi connectivity index (χ2n) is 6.71. The Labute approximate surface area is 148 Å². The summed E-state index contributed by atoms with van der Waals surface area (Å²) < 4.78 is 7.81. The molecule has 1 atom stereocenters. The van der Waals surface area contributed by atoms with Gasteiger partial charge in [-0.15, -0.1) is 0 Å². The summed E-state index contributed by atoms with van der Waals surface area (Å²) in [5, 5.41) is 4.11. The van der Waals surface area contributed by atoms with Crippen LogP contribution in [0.3, 0.4) is 0 Å². The van der Waals surface area contributed by atoms with Crippen LogP contribution in [-0.4, -0.2) is 63.8 Å². The molecule has 1 aliphatic rings. The number of likely N-dealkylation sites (tertiary alicyclic amines) is 1. The Balaban J connectivity index is 1.54. The smallest absolute Gasteiger partial charge is 0.228 e. The van der Waals surface area contributed by atoms with E-state index in [1.807, 2.05) is 44.2 Å². The average molecular weight is 343 g/mol. The predicted octanol–water partition coefficient (Wildman–Crippen LogP) is 1.10. The molecule has 2 aromatic heterocycles. The van der Waals surface area contributed by atoms with Gasteiger partial charge >= 0.3 is 0 Å². The number of aryl methyl sites for hydroxylation is 1. The maximum atomic E-state index is 12.5. The zero-order valence-electron chi connectivity index (χ0n) is 15.1. The molecule has 1 fully saturated rings. The number of pyridine rings is 1. The summed E-state index contributed by atoms with van der Waals surface area (Å²) in [7, 11) is 5.88. The van der Waals surface area contributed by atoms with Crippen molar-refractivity contribution in [1.82, 2.24) is 24.6 Å². The van der Waals surface area contributed by atoms with E-state index in [9.17, 15) is 4.79 Å². The molecular formula is C18H25N5O2. The van der Waals surface area contributed by atoms with Crippen LogP contribution in [0.1, 0.15) is 17.8 Å². The fourth-order valence-electron chi connectivity index (χ4n) is 3.02. The first-order chi connectivity index (χ1) is 12.0.